The van der Waals surface area contributed by atoms with Crippen LogP contribution in [0.1, 0.15) is 0 Å². The molecular formula is C11H15NO5. The van der Waals surface area contributed by atoms with E-state index in [1.807, 2.05) is 24.3 Å². The van der Waals surface area contributed by atoms with Gasteiger partial charge in [-0.3, -0.25) is 9.59 Å². The maximum atomic E-state index is 9.92. The van der Waals surface area contributed by atoms with Crippen LogP contribution < -0.4 is 14.8 Å². The Kier molecular flexibility index (Phi) is 8.93. The van der Waals surface area contributed by atoms with Gasteiger partial charge in [-0.1, -0.05) is 0 Å². The van der Waals surface area contributed by atoms with Crippen LogP contribution in [-0.4, -0.2) is 38.3 Å². The van der Waals surface area contributed by atoms with Gasteiger partial charge in [-0.05, 0) is 24.3 Å². The summed E-state index contributed by atoms with van der Waals surface area (Å²) in [6.45, 7) is 0.723. The molecular weight excluding hydrogens is 226 g/mol. The van der Waals surface area contributed by atoms with E-state index in [1.165, 1.54) is 0 Å². The predicted octanol–water partition coefficient (Wildman–Crippen LogP) is 0.521. The van der Waals surface area contributed by atoms with Crippen molar-refractivity contribution in [1.29, 1.82) is 0 Å². The highest BCUT2D eigenvalue weighted by molar-refractivity contribution is 5.45. The number of hydrogen-bond donors (Lipinski definition) is 2. The van der Waals surface area contributed by atoms with Crippen molar-refractivity contribution in [2.45, 2.75) is 0 Å². The fourth-order valence-electron chi connectivity index (χ4n) is 0.959. The molecule has 0 spiro atoms. The van der Waals surface area contributed by atoms with Gasteiger partial charge in [-0.25, -0.2) is 0 Å². The minimum atomic E-state index is -0.250. The molecule has 0 aliphatic carbocycles. The molecule has 2 N–H and O–H groups in total. The lowest BCUT2D eigenvalue weighted by Gasteiger charge is -2.06. The van der Waals surface area contributed by atoms with Gasteiger partial charge in [0.1, 0.15) is 18.1 Å². The van der Waals surface area contributed by atoms with Crippen LogP contribution >= 0.6 is 0 Å². The molecule has 1 aromatic rings. The first-order chi connectivity index (χ1) is 8.28. The molecule has 0 heterocycles. The van der Waals surface area contributed by atoms with Gasteiger partial charge < -0.3 is 19.9 Å². The number of carboxylic acid groups (broad SMARTS) is 1. The number of carbonyl (C=O) groups is 2. The van der Waals surface area contributed by atoms with Crippen molar-refractivity contribution >= 4 is 12.9 Å². The number of nitrogens with one attached hydrogen (secondary N) is 1. The van der Waals surface area contributed by atoms with Crippen molar-refractivity contribution in [2.75, 3.05) is 20.3 Å². The third-order valence-electron chi connectivity index (χ3n) is 1.66. The molecule has 1 aromatic carbocycles. The third-order valence-corrected chi connectivity index (χ3v) is 1.66. The van der Waals surface area contributed by atoms with Crippen molar-refractivity contribution in [3.63, 3.8) is 0 Å². The quantitative estimate of drug-likeness (QED) is 0.560. The lowest BCUT2D eigenvalue weighted by Crippen LogP contribution is -2.18. The van der Waals surface area contributed by atoms with Gasteiger partial charge in [0, 0.05) is 0 Å². The van der Waals surface area contributed by atoms with Gasteiger partial charge in [0.25, 0.3) is 6.47 Å². The van der Waals surface area contributed by atoms with E-state index in [9.17, 15) is 4.79 Å². The summed E-state index contributed by atoms with van der Waals surface area (Å²) in [7, 11) is 1.61. The van der Waals surface area contributed by atoms with Crippen molar-refractivity contribution in [3.8, 4) is 11.5 Å². The summed E-state index contributed by atoms with van der Waals surface area (Å²) in [5, 5.41) is 9.40. The second kappa shape index (κ2) is 10.3. The number of hydrogen-bond acceptors (Lipinski definition) is 4. The van der Waals surface area contributed by atoms with E-state index < -0.39 is 0 Å². The molecule has 0 radical (unpaired) electrons. The molecule has 6 nitrogen and oxygen atoms in total. The van der Waals surface area contributed by atoms with Crippen LogP contribution in [-0.2, 0) is 9.59 Å². The summed E-state index contributed by atoms with van der Waals surface area (Å²) < 4.78 is 10.3. The molecule has 0 aliphatic heterocycles. The Bertz CT molecular complexity index is 312. The van der Waals surface area contributed by atoms with Crippen LogP contribution in [0.25, 0.3) is 0 Å². The first-order valence-electron chi connectivity index (χ1n) is 4.80. The Morgan fingerprint density at radius 3 is 2.24 bits per heavy atom. The Morgan fingerprint density at radius 2 is 1.76 bits per heavy atom. The van der Waals surface area contributed by atoms with Gasteiger partial charge in [-0.15, -0.1) is 0 Å². The Hall–Kier alpha value is -2.24. The lowest BCUT2D eigenvalue weighted by atomic mass is 10.3. The summed E-state index contributed by atoms with van der Waals surface area (Å²) in [5.41, 5.74) is 0. The van der Waals surface area contributed by atoms with E-state index in [-0.39, 0.29) is 6.47 Å². The molecule has 0 atom stereocenters. The molecule has 0 bridgehead atoms. The van der Waals surface area contributed by atoms with Gasteiger partial charge in [-0.2, -0.15) is 0 Å². The van der Waals surface area contributed by atoms with Crippen molar-refractivity contribution < 1.29 is 24.2 Å². The monoisotopic (exact) mass is 241 g/mol. The predicted molar refractivity (Wildman–Crippen MR) is 61.2 cm³/mol. The molecule has 0 unspecified atom stereocenters. The average Bonchev–Trinajstić information content (AvgIpc) is 2.36. The first kappa shape index (κ1) is 14.8. The topological polar surface area (TPSA) is 84.9 Å². The molecule has 0 fully saturated rings. The molecule has 6 heteroatoms. The third kappa shape index (κ3) is 7.66. The van der Waals surface area contributed by atoms with Crippen LogP contribution in [0.5, 0.6) is 11.5 Å². The second-order valence-corrected chi connectivity index (χ2v) is 2.70. The molecule has 1 amide bonds. The van der Waals surface area contributed by atoms with Gasteiger partial charge >= 0.3 is 0 Å². The maximum Gasteiger partial charge on any atom is 0.290 e. The van der Waals surface area contributed by atoms with E-state index in [0.717, 1.165) is 11.5 Å². The molecule has 94 valence electrons. The molecule has 1 rings (SSSR count). The first-order valence-corrected chi connectivity index (χ1v) is 4.80. The number of benzene rings is 1. The normalized spacial score (nSPS) is 8.29. The molecule has 17 heavy (non-hydrogen) atoms. The van der Waals surface area contributed by atoms with Crippen molar-refractivity contribution in [1.82, 2.24) is 5.32 Å². The standard InChI is InChI=1S/C10H13NO3.CH2O2/c1-13-9-2-4-10(5-3-9)14-7-6-11-8-12;2-1-3/h2-5,8H,6-7H2,1H3,(H,11,12);1H,(H,2,3). The number of amides is 1. The number of methoxy groups -OCH3 is 1. The van der Waals surface area contributed by atoms with Crippen LogP contribution in [0, 0.1) is 0 Å². The highest BCUT2D eigenvalue weighted by Gasteiger charge is 1.93. The van der Waals surface area contributed by atoms with Crippen molar-refractivity contribution in [3.05, 3.63) is 24.3 Å². The van der Waals surface area contributed by atoms with E-state index in [2.05, 4.69) is 5.32 Å². The Morgan fingerprint density at radius 1 is 1.24 bits per heavy atom. The Labute approximate surface area is 99.2 Å². The van der Waals surface area contributed by atoms with E-state index in [4.69, 9.17) is 19.4 Å². The van der Waals surface area contributed by atoms with Crippen LogP contribution in [0.4, 0.5) is 0 Å². The summed E-state index contributed by atoms with van der Waals surface area (Å²) in [4.78, 5) is 18.3. The molecule has 0 aromatic heterocycles. The zero-order valence-electron chi connectivity index (χ0n) is 9.46. The fraction of sp³-hybridized carbons (Fsp3) is 0.273. The van der Waals surface area contributed by atoms with Crippen LogP contribution in [0.3, 0.4) is 0 Å². The summed E-state index contributed by atoms with van der Waals surface area (Å²) >= 11 is 0. The molecule has 0 saturated heterocycles. The SMILES string of the molecule is COc1ccc(OCCNC=O)cc1.O=CO. The highest BCUT2D eigenvalue weighted by atomic mass is 16.5. The zero-order chi connectivity index (χ0) is 12.9. The number of rotatable bonds is 6. The van der Waals surface area contributed by atoms with Gasteiger partial charge in [0.05, 0.1) is 13.7 Å². The summed E-state index contributed by atoms with van der Waals surface area (Å²) in [6, 6.07) is 7.28. The lowest BCUT2D eigenvalue weighted by molar-refractivity contribution is -0.122. The van der Waals surface area contributed by atoms with Crippen LogP contribution in [0.15, 0.2) is 24.3 Å². The maximum absolute atomic E-state index is 9.92. The summed E-state index contributed by atoms with van der Waals surface area (Å²) in [5.74, 6) is 1.56. The second-order valence-electron chi connectivity index (χ2n) is 2.70. The van der Waals surface area contributed by atoms with Crippen LogP contribution in [0.2, 0.25) is 0 Å². The van der Waals surface area contributed by atoms with E-state index in [0.29, 0.717) is 19.6 Å². The van der Waals surface area contributed by atoms with Crippen molar-refractivity contribution in [2.24, 2.45) is 0 Å². The van der Waals surface area contributed by atoms with E-state index in [1.54, 1.807) is 7.11 Å². The fourth-order valence-corrected chi connectivity index (χ4v) is 0.959. The van der Waals surface area contributed by atoms with Gasteiger partial charge in [0.2, 0.25) is 6.41 Å². The highest BCUT2D eigenvalue weighted by Crippen LogP contribution is 2.16. The largest absolute Gasteiger partial charge is 0.497 e. The Balaban J connectivity index is 0.000000770. The smallest absolute Gasteiger partial charge is 0.290 e. The number of ether oxygens (including phenoxy) is 2. The number of carbonyl (C=O) groups excluding carboxylic acids is 1. The summed E-state index contributed by atoms with van der Waals surface area (Å²) in [6.07, 6.45) is 0.650. The minimum Gasteiger partial charge on any atom is -0.497 e. The zero-order valence-corrected chi connectivity index (χ0v) is 9.46. The molecule has 0 saturated carbocycles. The van der Waals surface area contributed by atoms with Gasteiger partial charge in [0.15, 0.2) is 0 Å². The van der Waals surface area contributed by atoms with E-state index >= 15 is 0 Å². The average molecular weight is 241 g/mol. The molecule has 0 aliphatic rings. The minimum absolute atomic E-state index is 0.250.